The Morgan fingerprint density at radius 3 is 1.47 bits per heavy atom. The summed E-state index contributed by atoms with van der Waals surface area (Å²) in [6, 6.07) is 0. The number of hydrogen-bond donors (Lipinski definition) is 5. The first-order chi connectivity index (χ1) is 15.4. The number of carboxylic acids is 2. The summed E-state index contributed by atoms with van der Waals surface area (Å²) in [5.41, 5.74) is 10.6. The summed E-state index contributed by atoms with van der Waals surface area (Å²) in [4.78, 5) is 31.0. The number of rotatable bonds is 16. The van der Waals surface area contributed by atoms with Gasteiger partial charge in [0.25, 0.3) is 0 Å². The maximum absolute atomic E-state index is 10.6. The smallest absolute Gasteiger partial charge is 0.303 e. The van der Waals surface area contributed by atoms with Crippen molar-refractivity contribution >= 4 is 17.8 Å². The number of hydrogen-bond acceptors (Lipinski definition) is 5. The second-order valence-electron chi connectivity index (χ2n) is 8.27. The van der Waals surface area contributed by atoms with Crippen LogP contribution < -0.4 is 16.8 Å². The average molecular weight is 460 g/mol. The number of unbranched alkanes of at least 4 members (excludes halogenated alkanes) is 10. The Morgan fingerprint density at radius 1 is 0.656 bits per heavy atom. The van der Waals surface area contributed by atoms with E-state index in [1.54, 1.807) is 0 Å². The van der Waals surface area contributed by atoms with Gasteiger partial charge < -0.3 is 27.0 Å². The van der Waals surface area contributed by atoms with Crippen molar-refractivity contribution in [1.82, 2.24) is 5.32 Å². The molecular formula is C24H49N3O5. The second kappa shape index (κ2) is 27.4. The van der Waals surface area contributed by atoms with Crippen LogP contribution in [0.25, 0.3) is 0 Å². The predicted molar refractivity (Wildman–Crippen MR) is 129 cm³/mol. The molecule has 1 amide bonds. The Bertz CT molecular complexity index is 409. The fraction of sp³-hybridized carbons (Fsp3) is 0.875. The van der Waals surface area contributed by atoms with Gasteiger partial charge in [0, 0.05) is 25.8 Å². The fourth-order valence-corrected chi connectivity index (χ4v) is 3.16. The maximum atomic E-state index is 10.6. The zero-order valence-electron chi connectivity index (χ0n) is 20.1. The number of nitrogens with one attached hydrogen (secondary N) is 1. The predicted octanol–water partition coefficient (Wildman–Crippen LogP) is 4.20. The van der Waals surface area contributed by atoms with E-state index < -0.39 is 11.9 Å². The normalized spacial score (nSPS) is 13.0. The molecule has 7 N–H and O–H groups in total. The van der Waals surface area contributed by atoms with Crippen molar-refractivity contribution in [2.45, 2.75) is 116 Å². The van der Waals surface area contributed by atoms with Gasteiger partial charge in [-0.1, -0.05) is 57.8 Å². The lowest BCUT2D eigenvalue weighted by molar-refractivity contribution is -0.138. The molecule has 0 aromatic rings. The molecule has 0 bridgehead atoms. The molecule has 1 fully saturated rings. The minimum absolute atomic E-state index is 0.225. The Morgan fingerprint density at radius 2 is 1.06 bits per heavy atom. The van der Waals surface area contributed by atoms with Gasteiger partial charge >= 0.3 is 11.9 Å². The van der Waals surface area contributed by atoms with Gasteiger partial charge in [-0.3, -0.25) is 14.4 Å². The Hall–Kier alpha value is -1.67. The van der Waals surface area contributed by atoms with Crippen LogP contribution in [0.1, 0.15) is 116 Å². The summed E-state index contributed by atoms with van der Waals surface area (Å²) in [5.74, 6) is -1.20. The van der Waals surface area contributed by atoms with E-state index in [1.165, 1.54) is 19.3 Å². The first-order valence-electron chi connectivity index (χ1n) is 12.5. The topological polar surface area (TPSA) is 156 Å². The highest BCUT2D eigenvalue weighted by molar-refractivity contribution is 5.75. The molecule has 8 nitrogen and oxygen atoms in total. The molecule has 0 unspecified atom stereocenters. The van der Waals surface area contributed by atoms with Crippen LogP contribution in [0.15, 0.2) is 0 Å². The van der Waals surface area contributed by atoms with E-state index in [-0.39, 0.29) is 18.7 Å². The highest BCUT2D eigenvalue weighted by Gasteiger charge is 2.03. The van der Waals surface area contributed by atoms with Crippen LogP contribution in [0.5, 0.6) is 0 Å². The molecule has 1 aliphatic heterocycles. The van der Waals surface area contributed by atoms with E-state index >= 15 is 0 Å². The Kier molecular flexibility index (Phi) is 27.8. The Labute approximate surface area is 194 Å². The van der Waals surface area contributed by atoms with E-state index in [0.29, 0.717) is 0 Å². The molecule has 0 radical (unpaired) electrons. The number of carbonyl (C=O) groups excluding carboxylic acids is 1. The third kappa shape index (κ3) is 33.0. The van der Waals surface area contributed by atoms with Gasteiger partial charge in [-0.25, -0.2) is 0 Å². The average Bonchev–Trinajstić information content (AvgIpc) is 3.00. The molecule has 8 heteroatoms. The molecule has 0 spiro atoms. The number of carbonyl (C=O) groups is 3. The van der Waals surface area contributed by atoms with Crippen molar-refractivity contribution in [3.63, 3.8) is 0 Å². The Balaban J connectivity index is 0. The summed E-state index contributed by atoms with van der Waals surface area (Å²) in [7, 11) is 0. The van der Waals surface area contributed by atoms with E-state index in [1.807, 2.05) is 0 Å². The highest BCUT2D eigenvalue weighted by Crippen LogP contribution is 2.10. The van der Waals surface area contributed by atoms with E-state index in [9.17, 15) is 14.4 Å². The maximum Gasteiger partial charge on any atom is 0.303 e. The number of aliphatic carboxylic acids is 2. The number of amides is 1. The van der Waals surface area contributed by atoms with Gasteiger partial charge in [0.05, 0.1) is 0 Å². The molecule has 1 aliphatic rings. The third-order valence-corrected chi connectivity index (χ3v) is 5.09. The minimum Gasteiger partial charge on any atom is -0.481 e. The van der Waals surface area contributed by atoms with Crippen LogP contribution in [0.3, 0.4) is 0 Å². The van der Waals surface area contributed by atoms with Crippen molar-refractivity contribution < 1.29 is 24.6 Å². The van der Waals surface area contributed by atoms with Crippen LogP contribution in [0.2, 0.25) is 0 Å². The van der Waals surface area contributed by atoms with Crippen molar-refractivity contribution in [3.05, 3.63) is 0 Å². The summed E-state index contributed by atoms with van der Waals surface area (Å²) in [6.45, 7) is 2.54. The zero-order chi connectivity index (χ0) is 24.3. The second-order valence-corrected chi connectivity index (χ2v) is 8.27. The van der Waals surface area contributed by atoms with Crippen molar-refractivity contribution in [2.75, 3.05) is 19.6 Å². The van der Waals surface area contributed by atoms with Crippen LogP contribution in [0.4, 0.5) is 0 Å². The minimum atomic E-state index is -0.714. The van der Waals surface area contributed by atoms with Gasteiger partial charge in [0.2, 0.25) is 5.91 Å². The highest BCUT2D eigenvalue weighted by atomic mass is 16.4. The van der Waals surface area contributed by atoms with E-state index in [2.05, 4.69) is 5.32 Å². The van der Waals surface area contributed by atoms with Crippen molar-refractivity contribution in [1.29, 1.82) is 0 Å². The monoisotopic (exact) mass is 459 g/mol. The van der Waals surface area contributed by atoms with Gasteiger partial charge in [0.1, 0.15) is 0 Å². The SMILES string of the molecule is NCCCCCCN.O=C(O)CCCCCCCCCCC(=O)O.O=C1CCCCCN1. The molecular weight excluding hydrogens is 410 g/mol. The molecule has 1 saturated heterocycles. The van der Waals surface area contributed by atoms with Gasteiger partial charge in [-0.05, 0) is 51.6 Å². The fourth-order valence-electron chi connectivity index (χ4n) is 3.16. The lowest BCUT2D eigenvalue weighted by atomic mass is 10.1. The number of nitrogens with two attached hydrogens (primary N) is 2. The third-order valence-electron chi connectivity index (χ3n) is 5.09. The largest absolute Gasteiger partial charge is 0.481 e. The van der Waals surface area contributed by atoms with Crippen LogP contribution in [-0.4, -0.2) is 47.7 Å². The molecule has 32 heavy (non-hydrogen) atoms. The molecule has 0 aromatic heterocycles. The summed E-state index contributed by atoms with van der Waals surface area (Å²) >= 11 is 0. The molecule has 190 valence electrons. The van der Waals surface area contributed by atoms with Gasteiger partial charge in [-0.15, -0.1) is 0 Å². The van der Waals surface area contributed by atoms with E-state index in [0.717, 1.165) is 103 Å². The molecule has 1 rings (SSSR count). The number of carboxylic acid groups (broad SMARTS) is 2. The van der Waals surface area contributed by atoms with Crippen LogP contribution in [-0.2, 0) is 14.4 Å². The van der Waals surface area contributed by atoms with Crippen molar-refractivity contribution in [3.8, 4) is 0 Å². The van der Waals surface area contributed by atoms with Gasteiger partial charge in [0.15, 0.2) is 0 Å². The molecule has 1 heterocycles. The van der Waals surface area contributed by atoms with Crippen molar-refractivity contribution in [2.24, 2.45) is 11.5 Å². The molecule has 0 aliphatic carbocycles. The standard InChI is InChI=1S/C12H22O4.C6H16N2.C6H11NO/c13-11(14)9-7-5-3-1-2-4-6-8-10-12(15)16;7-5-3-1-2-4-6-8;8-6-4-2-1-3-5-7-6/h1-10H2,(H,13,14)(H,15,16);1-8H2;1-5H2,(H,7,8). The lowest BCUT2D eigenvalue weighted by Gasteiger charge is -2.00. The summed E-state index contributed by atoms with van der Waals surface area (Å²) in [5, 5.41) is 19.6. The molecule has 0 atom stereocenters. The molecule has 0 saturated carbocycles. The molecule has 0 aromatic carbocycles. The van der Waals surface area contributed by atoms with Gasteiger partial charge in [-0.2, -0.15) is 0 Å². The summed E-state index contributed by atoms with van der Waals surface area (Å²) in [6.07, 6.45) is 17.5. The quantitative estimate of drug-likeness (QED) is 0.217. The van der Waals surface area contributed by atoms with Crippen LogP contribution in [0, 0.1) is 0 Å². The summed E-state index contributed by atoms with van der Waals surface area (Å²) < 4.78 is 0. The first kappa shape index (κ1) is 32.5. The zero-order valence-corrected chi connectivity index (χ0v) is 20.1. The first-order valence-corrected chi connectivity index (χ1v) is 12.5. The van der Waals surface area contributed by atoms with E-state index in [4.69, 9.17) is 21.7 Å². The van der Waals surface area contributed by atoms with Crippen LogP contribution >= 0.6 is 0 Å². The lowest BCUT2D eigenvalue weighted by Crippen LogP contribution is -2.21.